The first-order chi connectivity index (χ1) is 11.7. The van der Waals surface area contributed by atoms with Crippen LogP contribution < -0.4 is 0 Å². The van der Waals surface area contributed by atoms with Gasteiger partial charge in [-0.3, -0.25) is 9.59 Å². The van der Waals surface area contributed by atoms with E-state index in [2.05, 4.69) is 5.92 Å². The second-order valence-electron chi connectivity index (χ2n) is 5.15. The molecule has 0 saturated carbocycles. The van der Waals surface area contributed by atoms with Gasteiger partial charge in [-0.25, -0.2) is 0 Å². The number of benzene rings is 2. The van der Waals surface area contributed by atoms with Crippen molar-refractivity contribution in [1.29, 1.82) is 0 Å². The van der Waals surface area contributed by atoms with Crippen molar-refractivity contribution in [3.05, 3.63) is 71.8 Å². The van der Waals surface area contributed by atoms with E-state index in [9.17, 15) is 9.59 Å². The van der Waals surface area contributed by atoms with Gasteiger partial charge in [0.1, 0.15) is 6.61 Å². The normalized spacial score (nSPS) is 11.1. The molecule has 2 rings (SSSR count). The first-order valence-electron chi connectivity index (χ1n) is 7.55. The molecule has 0 spiro atoms. The van der Waals surface area contributed by atoms with Gasteiger partial charge in [0, 0.05) is 0 Å². The van der Waals surface area contributed by atoms with Gasteiger partial charge in [0.15, 0.2) is 12.5 Å². The molecular weight excluding hydrogens is 304 g/mol. The predicted octanol–water partition coefficient (Wildman–Crippen LogP) is 2.77. The van der Waals surface area contributed by atoms with Gasteiger partial charge in [-0.05, 0) is 17.5 Å². The Morgan fingerprint density at radius 3 is 2.00 bits per heavy atom. The fraction of sp³-hybridized carbons (Fsp3) is 0.200. The highest BCUT2D eigenvalue weighted by molar-refractivity contribution is 5.95. The highest BCUT2D eigenvalue weighted by Crippen LogP contribution is 2.14. The van der Waals surface area contributed by atoms with Crippen molar-refractivity contribution >= 4 is 11.9 Å². The molecule has 2 aromatic carbocycles. The smallest absolute Gasteiger partial charge is 0.321 e. The van der Waals surface area contributed by atoms with Crippen LogP contribution in [-0.2, 0) is 32.1 Å². The van der Waals surface area contributed by atoms with Gasteiger partial charge in [-0.1, -0.05) is 66.6 Å². The van der Waals surface area contributed by atoms with E-state index in [4.69, 9.17) is 15.9 Å². The zero-order chi connectivity index (χ0) is 17.2. The summed E-state index contributed by atoms with van der Waals surface area (Å²) in [6.45, 7) is -0.0660. The van der Waals surface area contributed by atoms with Crippen LogP contribution in [0.1, 0.15) is 11.1 Å². The quantitative estimate of drug-likeness (QED) is 0.447. The highest BCUT2D eigenvalue weighted by atomic mass is 16.6. The van der Waals surface area contributed by atoms with Crippen LogP contribution in [0.25, 0.3) is 0 Å². The summed E-state index contributed by atoms with van der Waals surface area (Å²) < 4.78 is 10.2. The lowest BCUT2D eigenvalue weighted by molar-refractivity contribution is -0.162. The molecule has 1 unspecified atom stereocenters. The average molecular weight is 322 g/mol. The second-order valence-corrected chi connectivity index (χ2v) is 5.15. The van der Waals surface area contributed by atoms with Crippen LogP contribution in [0.15, 0.2) is 60.7 Å². The minimum Gasteiger partial charge on any atom is -0.460 e. The molecule has 4 nitrogen and oxygen atoms in total. The van der Waals surface area contributed by atoms with Gasteiger partial charge in [-0.2, -0.15) is 0 Å². The lowest BCUT2D eigenvalue weighted by Crippen LogP contribution is -2.30. The maximum atomic E-state index is 12.4. The van der Waals surface area contributed by atoms with E-state index < -0.39 is 17.9 Å². The van der Waals surface area contributed by atoms with Crippen molar-refractivity contribution in [2.45, 2.75) is 13.0 Å². The van der Waals surface area contributed by atoms with Crippen molar-refractivity contribution in [2.24, 2.45) is 5.92 Å². The molecule has 0 amide bonds. The Kier molecular flexibility index (Phi) is 6.60. The van der Waals surface area contributed by atoms with Gasteiger partial charge in [-0.15, -0.1) is 6.42 Å². The molecule has 122 valence electrons. The molecule has 0 bridgehead atoms. The minimum absolute atomic E-state index is 0.105. The van der Waals surface area contributed by atoms with Crippen molar-refractivity contribution in [3.8, 4) is 12.3 Å². The largest absolute Gasteiger partial charge is 0.460 e. The molecule has 1 atom stereocenters. The first-order valence-corrected chi connectivity index (χ1v) is 7.55. The van der Waals surface area contributed by atoms with Crippen molar-refractivity contribution in [1.82, 2.24) is 0 Å². The number of carbonyl (C=O) groups is 2. The number of terminal acetylenes is 1. The SMILES string of the molecule is C#CCOC(=O)C(Cc1ccccc1)C(=O)OCc1ccccc1. The summed E-state index contributed by atoms with van der Waals surface area (Å²) in [5.74, 6) is -0.111. The van der Waals surface area contributed by atoms with E-state index in [1.807, 2.05) is 60.7 Å². The fourth-order valence-electron chi connectivity index (χ4n) is 2.16. The van der Waals surface area contributed by atoms with Crippen LogP contribution in [0, 0.1) is 18.3 Å². The zero-order valence-electron chi connectivity index (χ0n) is 13.2. The number of hydrogen-bond donors (Lipinski definition) is 0. The van der Waals surface area contributed by atoms with Crippen LogP contribution in [0.3, 0.4) is 0 Å². The summed E-state index contributed by atoms with van der Waals surface area (Å²) in [6, 6.07) is 18.5. The second kappa shape index (κ2) is 9.16. The van der Waals surface area contributed by atoms with E-state index in [1.54, 1.807) is 0 Å². The monoisotopic (exact) mass is 322 g/mol. The number of esters is 2. The topological polar surface area (TPSA) is 52.6 Å². The molecule has 0 aliphatic rings. The molecule has 2 aromatic rings. The van der Waals surface area contributed by atoms with Crippen LogP contribution in [0.2, 0.25) is 0 Å². The standard InChI is InChI=1S/C20H18O4/c1-2-13-23-19(21)18(14-16-9-5-3-6-10-16)20(22)24-15-17-11-7-4-8-12-17/h1,3-12,18H,13-15H2. The summed E-state index contributed by atoms with van der Waals surface area (Å²) in [5, 5.41) is 0. The summed E-state index contributed by atoms with van der Waals surface area (Å²) in [5.41, 5.74) is 1.69. The summed E-state index contributed by atoms with van der Waals surface area (Å²) in [7, 11) is 0. The molecule has 0 radical (unpaired) electrons. The number of rotatable bonds is 7. The highest BCUT2D eigenvalue weighted by Gasteiger charge is 2.30. The Hall–Kier alpha value is -3.06. The Morgan fingerprint density at radius 1 is 0.875 bits per heavy atom. The van der Waals surface area contributed by atoms with E-state index in [0.717, 1.165) is 11.1 Å². The fourth-order valence-corrected chi connectivity index (χ4v) is 2.16. The summed E-state index contributed by atoms with van der Waals surface area (Å²) in [4.78, 5) is 24.5. The Morgan fingerprint density at radius 2 is 1.42 bits per heavy atom. The van der Waals surface area contributed by atoms with Crippen LogP contribution in [0.5, 0.6) is 0 Å². The van der Waals surface area contributed by atoms with Crippen molar-refractivity contribution in [2.75, 3.05) is 6.61 Å². The molecule has 0 aromatic heterocycles. The maximum absolute atomic E-state index is 12.4. The van der Waals surface area contributed by atoms with Gasteiger partial charge >= 0.3 is 11.9 Å². The van der Waals surface area contributed by atoms with E-state index in [-0.39, 0.29) is 19.6 Å². The minimum atomic E-state index is -1.04. The van der Waals surface area contributed by atoms with Gasteiger partial charge in [0.25, 0.3) is 0 Å². The molecule has 0 saturated heterocycles. The van der Waals surface area contributed by atoms with Crippen molar-refractivity contribution < 1.29 is 19.1 Å². The lowest BCUT2D eigenvalue weighted by Gasteiger charge is -2.15. The van der Waals surface area contributed by atoms with Gasteiger partial charge in [0.05, 0.1) is 0 Å². The molecule has 0 aliphatic carbocycles. The summed E-state index contributed by atoms with van der Waals surface area (Å²) in [6.07, 6.45) is 5.30. The van der Waals surface area contributed by atoms with Crippen LogP contribution >= 0.6 is 0 Å². The third kappa shape index (κ3) is 5.29. The van der Waals surface area contributed by atoms with E-state index >= 15 is 0 Å². The number of ether oxygens (including phenoxy) is 2. The molecule has 0 fully saturated rings. The summed E-state index contributed by atoms with van der Waals surface area (Å²) >= 11 is 0. The van der Waals surface area contributed by atoms with Gasteiger partial charge < -0.3 is 9.47 Å². The Balaban J connectivity index is 2.04. The Labute approximate surface area is 141 Å². The molecule has 4 heteroatoms. The molecule has 24 heavy (non-hydrogen) atoms. The lowest BCUT2D eigenvalue weighted by atomic mass is 9.99. The van der Waals surface area contributed by atoms with Crippen molar-refractivity contribution in [3.63, 3.8) is 0 Å². The van der Waals surface area contributed by atoms with Crippen LogP contribution in [0.4, 0.5) is 0 Å². The maximum Gasteiger partial charge on any atom is 0.321 e. The van der Waals surface area contributed by atoms with E-state index in [1.165, 1.54) is 0 Å². The third-order valence-corrected chi connectivity index (χ3v) is 3.37. The zero-order valence-corrected chi connectivity index (χ0v) is 13.2. The number of carbonyl (C=O) groups excluding carboxylic acids is 2. The molecule has 0 aliphatic heterocycles. The third-order valence-electron chi connectivity index (χ3n) is 3.37. The van der Waals surface area contributed by atoms with Gasteiger partial charge in [0.2, 0.25) is 0 Å². The molecule has 0 N–H and O–H groups in total. The number of hydrogen-bond acceptors (Lipinski definition) is 4. The Bertz CT molecular complexity index is 701. The molecule has 0 heterocycles. The first kappa shape index (κ1) is 17.3. The van der Waals surface area contributed by atoms with E-state index in [0.29, 0.717) is 0 Å². The van der Waals surface area contributed by atoms with Crippen LogP contribution in [-0.4, -0.2) is 18.5 Å². The predicted molar refractivity (Wildman–Crippen MR) is 89.7 cm³/mol. The molecular formula is C20H18O4. The average Bonchev–Trinajstić information content (AvgIpc) is 2.64.